The van der Waals surface area contributed by atoms with E-state index in [-0.39, 0.29) is 0 Å². The number of para-hydroxylation sites is 8. The fraction of sp³-hybridized carbons (Fsp3) is 0. The minimum absolute atomic E-state index is 0.414. The molecule has 0 N–H and O–H groups in total. The van der Waals surface area contributed by atoms with E-state index in [1.807, 2.05) is 12.1 Å². The Balaban J connectivity index is 0.922. The summed E-state index contributed by atoms with van der Waals surface area (Å²) in [6.07, 6.45) is 0. The summed E-state index contributed by atoms with van der Waals surface area (Å²) in [5, 5.41) is 25.2. The van der Waals surface area contributed by atoms with Crippen LogP contribution in [-0.2, 0) is 0 Å². The zero-order valence-electron chi connectivity index (χ0n) is 47.1. The van der Waals surface area contributed by atoms with Crippen molar-refractivity contribution < 1.29 is 0 Å². The van der Waals surface area contributed by atoms with Crippen LogP contribution in [0.3, 0.4) is 0 Å². The zero-order valence-corrected chi connectivity index (χ0v) is 47.1. The lowest BCUT2D eigenvalue weighted by molar-refractivity contribution is 1.13. The van der Waals surface area contributed by atoms with Gasteiger partial charge in [-0.25, -0.2) is 4.85 Å². The lowest BCUT2D eigenvalue weighted by atomic mass is 10.1. The second-order valence-electron chi connectivity index (χ2n) is 23.0. The zero-order chi connectivity index (χ0) is 57.9. The lowest BCUT2D eigenvalue weighted by Crippen LogP contribution is -2.02. The predicted molar refractivity (Wildman–Crippen MR) is 363 cm³/mol. The first-order valence-corrected chi connectivity index (χ1v) is 29.7. The van der Waals surface area contributed by atoms with Crippen molar-refractivity contribution in [3.8, 4) is 40.2 Å². The molecule has 0 bridgehead atoms. The molecular weight excluding hydrogens is 1070 g/mol. The van der Waals surface area contributed by atoms with Gasteiger partial charge in [-0.3, -0.25) is 0 Å². The first kappa shape index (κ1) is 48.1. The summed E-state index contributed by atoms with van der Waals surface area (Å²) in [5.41, 5.74) is 18.7. The Kier molecular flexibility index (Phi) is 9.87. The fourth-order valence-corrected chi connectivity index (χ4v) is 15.0. The van der Waals surface area contributed by atoms with Crippen molar-refractivity contribution in [1.82, 2.24) is 27.4 Å². The molecule has 19 aromatic rings. The minimum Gasteiger partial charge on any atom is -0.319 e. The fourth-order valence-electron chi connectivity index (χ4n) is 15.0. The van der Waals surface area contributed by atoms with Crippen molar-refractivity contribution in [2.75, 3.05) is 0 Å². The van der Waals surface area contributed by atoms with Crippen LogP contribution in [0.4, 0.5) is 5.69 Å². The van der Waals surface area contributed by atoms with Crippen LogP contribution in [0.25, 0.3) is 170 Å². The highest BCUT2D eigenvalue weighted by atomic mass is 15.1. The van der Waals surface area contributed by atoms with Crippen LogP contribution in [0, 0.1) is 17.9 Å². The van der Waals surface area contributed by atoms with Crippen LogP contribution in [0.1, 0.15) is 5.56 Å². The molecule has 8 nitrogen and oxygen atoms in total. The summed E-state index contributed by atoms with van der Waals surface area (Å²) >= 11 is 0. The van der Waals surface area contributed by atoms with Gasteiger partial charge in [0.05, 0.1) is 89.7 Å². The third kappa shape index (κ3) is 6.55. The number of rotatable bonds is 6. The van der Waals surface area contributed by atoms with Crippen molar-refractivity contribution in [3.05, 3.63) is 296 Å². The number of nitrogens with zero attached hydrogens (tertiary/aromatic N) is 8. The number of nitriles is 1. The molecule has 6 heterocycles. The summed E-state index contributed by atoms with van der Waals surface area (Å²) in [7, 11) is 0. The van der Waals surface area contributed by atoms with E-state index in [0.717, 1.165) is 132 Å². The molecule has 0 atom stereocenters. The molecule has 0 unspecified atom stereocenters. The molecule has 0 saturated carbocycles. The van der Waals surface area contributed by atoms with Crippen LogP contribution in [0.5, 0.6) is 0 Å². The van der Waals surface area contributed by atoms with Crippen LogP contribution in [0.15, 0.2) is 279 Å². The van der Waals surface area contributed by atoms with E-state index in [1.165, 1.54) is 21.5 Å². The molecule has 88 heavy (non-hydrogen) atoms. The van der Waals surface area contributed by atoms with Gasteiger partial charge < -0.3 is 27.4 Å². The highest BCUT2D eigenvalue weighted by molar-refractivity contribution is 6.22. The summed E-state index contributed by atoms with van der Waals surface area (Å²) in [5.74, 6) is 0. The van der Waals surface area contributed by atoms with E-state index >= 15 is 0 Å². The van der Waals surface area contributed by atoms with Crippen molar-refractivity contribution in [2.24, 2.45) is 0 Å². The van der Waals surface area contributed by atoms with Gasteiger partial charge in [0, 0.05) is 87.4 Å². The Bertz CT molecular complexity index is 5830. The molecule has 0 fully saturated rings. The quantitative estimate of drug-likeness (QED) is 0.153. The molecule has 0 amide bonds. The van der Waals surface area contributed by atoms with Gasteiger partial charge in [0.1, 0.15) is 6.07 Å². The van der Waals surface area contributed by atoms with E-state index in [4.69, 9.17) is 0 Å². The van der Waals surface area contributed by atoms with Gasteiger partial charge >= 0.3 is 0 Å². The van der Waals surface area contributed by atoms with E-state index in [1.54, 1.807) is 0 Å². The second-order valence-corrected chi connectivity index (χ2v) is 23.0. The Morgan fingerprint density at radius 1 is 0.239 bits per heavy atom. The average molecular weight is 1120 g/mol. The number of hydrogen-bond acceptors (Lipinski definition) is 1. The van der Waals surface area contributed by atoms with Crippen molar-refractivity contribution >= 4 is 137 Å². The van der Waals surface area contributed by atoms with Crippen LogP contribution in [-0.4, -0.2) is 27.4 Å². The molecule has 0 aliphatic heterocycles. The molecule has 0 aliphatic carbocycles. The maximum absolute atomic E-state index is 11.9. The second kappa shape index (κ2) is 18.1. The van der Waals surface area contributed by atoms with E-state index in [0.29, 0.717) is 22.6 Å². The first-order valence-electron chi connectivity index (χ1n) is 29.7. The monoisotopic (exact) mass is 1120 g/mol. The molecule has 0 saturated heterocycles. The lowest BCUT2D eigenvalue weighted by Gasteiger charge is -2.17. The molecule has 13 aromatic carbocycles. The largest absolute Gasteiger partial charge is 0.319 e. The third-order valence-corrected chi connectivity index (χ3v) is 18.6. The Hall–Kier alpha value is -12.4. The minimum atomic E-state index is 0.414. The third-order valence-electron chi connectivity index (χ3n) is 18.6. The smallest absolute Gasteiger partial charge is 0.212 e. The van der Waals surface area contributed by atoms with Gasteiger partial charge in [-0.05, 0) is 121 Å². The number of hydrogen-bond donors (Lipinski definition) is 0. The molecule has 19 rings (SSSR count). The maximum Gasteiger partial charge on any atom is 0.212 e. The molecular formula is C80H46N8. The van der Waals surface area contributed by atoms with E-state index in [9.17, 15) is 11.8 Å². The average Bonchev–Trinajstić information content (AvgIpc) is 1.68. The molecule has 6 aromatic heterocycles. The Labute approximate surface area is 502 Å². The van der Waals surface area contributed by atoms with Gasteiger partial charge in [0.25, 0.3) is 0 Å². The standard InChI is InChI=1S/C80H46N8/c1-82-66-47-73(87-74-41-52(85-67-30-14-8-24-54(67)55-25-9-15-31-68(55)85)36-38-60(74)64-43-76-62(45-78(64)87)58-28-12-18-34-71(58)83(76)50-20-4-2-5-21-50)49(48-81)40-80(66)88-75-42-53(86-69-32-16-10-26-56(69)57-27-11-17-33-70(57)86)37-39-61(75)65-44-77-63(46-79(65)88)59-29-13-19-35-72(59)84(77)51-22-6-3-7-23-51/h2-47H. The summed E-state index contributed by atoms with van der Waals surface area (Å²) in [4.78, 5) is 4.50. The van der Waals surface area contributed by atoms with Crippen LogP contribution >= 0.6 is 0 Å². The summed E-state index contributed by atoms with van der Waals surface area (Å²) in [6, 6.07) is 102. The first-order chi connectivity index (χ1) is 43.6. The van der Waals surface area contributed by atoms with Gasteiger partial charge in [-0.15, -0.1) is 0 Å². The van der Waals surface area contributed by atoms with Crippen LogP contribution < -0.4 is 0 Å². The molecule has 8 heteroatoms. The summed E-state index contributed by atoms with van der Waals surface area (Å²) < 4.78 is 13.9. The molecule has 0 radical (unpaired) electrons. The SMILES string of the molecule is [C-]#[N+]c1cc(-n2c3cc(-n4c5ccccc5c5ccccc54)ccc3c3cc4c(cc32)c2ccccc2n4-c2ccccc2)c(C#N)cc1-n1c2cc(-n3c4ccccc4c4ccccc43)ccc2c2cc3c(cc21)c1ccccc1n3-c1ccccc1. The Morgan fingerprint density at radius 2 is 0.523 bits per heavy atom. The number of fused-ring (bicyclic) bond motifs is 18. The predicted octanol–water partition coefficient (Wildman–Crippen LogP) is 20.7. The van der Waals surface area contributed by atoms with E-state index < -0.39 is 0 Å². The van der Waals surface area contributed by atoms with Crippen molar-refractivity contribution in [1.29, 1.82) is 5.26 Å². The van der Waals surface area contributed by atoms with Crippen molar-refractivity contribution in [3.63, 3.8) is 0 Å². The maximum atomic E-state index is 11.9. The Morgan fingerprint density at radius 3 is 0.875 bits per heavy atom. The van der Waals surface area contributed by atoms with Gasteiger partial charge in [-0.1, -0.05) is 158 Å². The number of aromatic nitrogens is 6. The molecule has 406 valence electrons. The van der Waals surface area contributed by atoms with Crippen molar-refractivity contribution in [2.45, 2.75) is 0 Å². The number of benzene rings is 13. The molecule has 0 aliphatic rings. The normalized spacial score (nSPS) is 12.1. The topological polar surface area (TPSA) is 57.7 Å². The van der Waals surface area contributed by atoms with Gasteiger partial charge in [0.2, 0.25) is 5.69 Å². The summed E-state index contributed by atoms with van der Waals surface area (Å²) in [6.45, 7) is 9.32. The van der Waals surface area contributed by atoms with Crippen LogP contribution in [0.2, 0.25) is 0 Å². The van der Waals surface area contributed by atoms with Gasteiger partial charge in [-0.2, -0.15) is 5.26 Å². The highest BCUT2D eigenvalue weighted by Crippen LogP contribution is 2.47. The van der Waals surface area contributed by atoms with Gasteiger partial charge in [0.15, 0.2) is 0 Å². The highest BCUT2D eigenvalue weighted by Gasteiger charge is 2.26. The van der Waals surface area contributed by atoms with E-state index in [2.05, 4.69) is 305 Å². The molecule has 0 spiro atoms.